The monoisotopic (exact) mass is 300 g/mol. The summed E-state index contributed by atoms with van der Waals surface area (Å²) in [6.07, 6.45) is 9.20. The van der Waals surface area contributed by atoms with Crippen molar-refractivity contribution in [3.8, 4) is 0 Å². The Kier molecular flexibility index (Phi) is 8.93. The van der Waals surface area contributed by atoms with Crippen LogP contribution in [0.25, 0.3) is 0 Å². The van der Waals surface area contributed by atoms with Crippen LogP contribution in [0.15, 0.2) is 0 Å². The van der Waals surface area contributed by atoms with Crippen LogP contribution in [0.5, 0.6) is 0 Å². The molecule has 21 heavy (non-hydrogen) atoms. The van der Waals surface area contributed by atoms with Gasteiger partial charge in [0.2, 0.25) is 0 Å². The van der Waals surface area contributed by atoms with E-state index in [-0.39, 0.29) is 0 Å². The minimum absolute atomic E-state index is 0.493. The summed E-state index contributed by atoms with van der Waals surface area (Å²) in [5.74, 6) is 0.142. The van der Waals surface area contributed by atoms with Crippen molar-refractivity contribution in [1.29, 1.82) is 0 Å². The van der Waals surface area contributed by atoms with E-state index in [1.807, 2.05) is 0 Å². The number of unbranched alkanes of at least 4 members (excludes halogenated alkanes) is 1. The smallest absolute Gasteiger partial charge is 0.309 e. The molecule has 0 spiro atoms. The van der Waals surface area contributed by atoms with E-state index in [1.165, 1.54) is 19.3 Å². The summed E-state index contributed by atoms with van der Waals surface area (Å²) in [6.45, 7) is 4.05. The maximum absolute atomic E-state index is 11.7. The van der Waals surface area contributed by atoms with Gasteiger partial charge in [-0.15, -0.1) is 0 Å². The van der Waals surface area contributed by atoms with Gasteiger partial charge in [0.25, 0.3) is 0 Å². The highest BCUT2D eigenvalue weighted by Gasteiger charge is 2.41. The van der Waals surface area contributed by atoms with Crippen molar-refractivity contribution < 1.29 is 19.4 Å². The molecule has 0 amide bonds. The van der Waals surface area contributed by atoms with E-state index in [0.29, 0.717) is 19.8 Å². The Labute approximate surface area is 129 Å². The minimum atomic E-state index is -0.603. The molecule has 1 aliphatic rings. The summed E-state index contributed by atoms with van der Waals surface area (Å²) in [7, 11) is 1.65. The summed E-state index contributed by atoms with van der Waals surface area (Å²) in [5.41, 5.74) is -0.493. The third-order valence-corrected chi connectivity index (χ3v) is 4.86. The van der Waals surface area contributed by atoms with Crippen LogP contribution in [0, 0.1) is 11.3 Å². The fraction of sp³-hybridized carbons (Fsp3) is 0.941. The quantitative estimate of drug-likeness (QED) is 0.588. The zero-order chi connectivity index (χ0) is 15.6. The molecule has 0 saturated heterocycles. The fourth-order valence-corrected chi connectivity index (χ4v) is 3.34. The zero-order valence-electron chi connectivity index (χ0n) is 13.7. The number of carboxylic acid groups (broad SMARTS) is 1. The van der Waals surface area contributed by atoms with E-state index >= 15 is 0 Å². The second-order valence-electron chi connectivity index (χ2n) is 6.38. The molecule has 4 heteroatoms. The van der Waals surface area contributed by atoms with Gasteiger partial charge >= 0.3 is 5.97 Å². The van der Waals surface area contributed by atoms with Crippen molar-refractivity contribution in [2.24, 2.45) is 11.3 Å². The van der Waals surface area contributed by atoms with Gasteiger partial charge in [0.05, 0.1) is 18.6 Å². The van der Waals surface area contributed by atoms with E-state index in [0.717, 1.165) is 44.4 Å². The largest absolute Gasteiger partial charge is 0.481 e. The third kappa shape index (κ3) is 6.35. The van der Waals surface area contributed by atoms with E-state index in [1.54, 1.807) is 7.11 Å². The molecule has 0 heterocycles. The van der Waals surface area contributed by atoms with Gasteiger partial charge in [-0.25, -0.2) is 0 Å². The van der Waals surface area contributed by atoms with Crippen LogP contribution >= 0.6 is 0 Å². The molecule has 0 unspecified atom stereocenters. The Bertz CT molecular complexity index is 283. The van der Waals surface area contributed by atoms with Gasteiger partial charge in [0.15, 0.2) is 0 Å². The first kappa shape index (κ1) is 18.4. The summed E-state index contributed by atoms with van der Waals surface area (Å²) in [5, 5.41) is 9.63. The average molecular weight is 300 g/mol. The van der Waals surface area contributed by atoms with Gasteiger partial charge < -0.3 is 14.6 Å². The van der Waals surface area contributed by atoms with Crippen molar-refractivity contribution in [3.05, 3.63) is 0 Å². The van der Waals surface area contributed by atoms with Crippen molar-refractivity contribution in [1.82, 2.24) is 0 Å². The summed E-state index contributed by atoms with van der Waals surface area (Å²) in [4.78, 5) is 11.7. The predicted octanol–water partition coefficient (Wildman–Crippen LogP) is 3.88. The summed E-state index contributed by atoms with van der Waals surface area (Å²) in [6, 6.07) is 0. The molecule has 0 aromatic carbocycles. The molecule has 1 aliphatic carbocycles. The Morgan fingerprint density at radius 1 is 1.19 bits per heavy atom. The lowest BCUT2D eigenvalue weighted by Crippen LogP contribution is -2.35. The van der Waals surface area contributed by atoms with E-state index in [2.05, 4.69) is 6.92 Å². The van der Waals surface area contributed by atoms with Gasteiger partial charge in [0.1, 0.15) is 0 Å². The molecular weight excluding hydrogens is 268 g/mol. The highest BCUT2D eigenvalue weighted by molar-refractivity contribution is 5.74. The van der Waals surface area contributed by atoms with Crippen LogP contribution in [0.1, 0.15) is 64.7 Å². The highest BCUT2D eigenvalue weighted by Crippen LogP contribution is 2.44. The number of carbonyl (C=O) groups is 1. The van der Waals surface area contributed by atoms with Gasteiger partial charge in [-0.1, -0.05) is 26.2 Å². The van der Waals surface area contributed by atoms with Crippen LogP contribution in [-0.2, 0) is 14.3 Å². The lowest BCUT2D eigenvalue weighted by atomic mass is 9.67. The van der Waals surface area contributed by atoms with Gasteiger partial charge in [-0.3, -0.25) is 4.79 Å². The molecule has 0 aromatic heterocycles. The molecule has 1 fully saturated rings. The molecule has 0 aromatic rings. The lowest BCUT2D eigenvalue weighted by Gasteiger charge is -2.37. The Morgan fingerprint density at radius 3 is 2.48 bits per heavy atom. The molecule has 124 valence electrons. The van der Waals surface area contributed by atoms with Gasteiger partial charge in [0, 0.05) is 13.7 Å². The number of ether oxygens (including phenoxy) is 2. The first-order chi connectivity index (χ1) is 10.1. The van der Waals surface area contributed by atoms with Crippen molar-refractivity contribution in [2.75, 3.05) is 26.9 Å². The number of rotatable bonds is 11. The van der Waals surface area contributed by atoms with Crippen molar-refractivity contribution in [2.45, 2.75) is 64.7 Å². The van der Waals surface area contributed by atoms with Gasteiger partial charge in [-0.05, 0) is 44.4 Å². The fourth-order valence-electron chi connectivity index (χ4n) is 3.34. The Balaban J connectivity index is 2.31. The number of methoxy groups -OCH3 is 1. The predicted molar refractivity (Wildman–Crippen MR) is 83.5 cm³/mol. The summed E-state index contributed by atoms with van der Waals surface area (Å²) >= 11 is 0. The number of hydrogen-bond donors (Lipinski definition) is 1. The number of hydrogen-bond acceptors (Lipinski definition) is 3. The van der Waals surface area contributed by atoms with Crippen molar-refractivity contribution >= 4 is 5.97 Å². The van der Waals surface area contributed by atoms with Crippen LogP contribution in [-0.4, -0.2) is 38.0 Å². The molecule has 1 N–H and O–H groups in total. The normalized spacial score (nSPS) is 25.9. The molecule has 0 radical (unpaired) electrons. The molecular formula is C17H32O4. The van der Waals surface area contributed by atoms with E-state index in [9.17, 15) is 9.90 Å². The Morgan fingerprint density at radius 2 is 1.90 bits per heavy atom. The number of carboxylic acids is 1. The van der Waals surface area contributed by atoms with Crippen LogP contribution in [0.3, 0.4) is 0 Å². The molecule has 1 saturated carbocycles. The van der Waals surface area contributed by atoms with Crippen LogP contribution < -0.4 is 0 Å². The third-order valence-electron chi connectivity index (χ3n) is 4.86. The zero-order valence-corrected chi connectivity index (χ0v) is 13.7. The Hall–Kier alpha value is -0.610. The standard InChI is InChI=1S/C17H32O4/c1-3-4-6-15-7-10-17(11-8-15,16(18)19)9-5-12-21-14-13-20-2/h15H,3-14H2,1-2H3,(H,18,19). The highest BCUT2D eigenvalue weighted by atomic mass is 16.5. The molecule has 0 atom stereocenters. The topological polar surface area (TPSA) is 55.8 Å². The van der Waals surface area contributed by atoms with Gasteiger partial charge in [-0.2, -0.15) is 0 Å². The summed E-state index contributed by atoms with van der Waals surface area (Å²) < 4.78 is 10.4. The maximum atomic E-state index is 11.7. The second kappa shape index (κ2) is 10.2. The van der Waals surface area contributed by atoms with E-state index < -0.39 is 11.4 Å². The molecule has 4 nitrogen and oxygen atoms in total. The molecule has 0 bridgehead atoms. The maximum Gasteiger partial charge on any atom is 0.309 e. The first-order valence-corrected chi connectivity index (χ1v) is 8.44. The SMILES string of the molecule is CCCCC1CCC(CCCOCCOC)(C(=O)O)CC1. The van der Waals surface area contributed by atoms with Crippen molar-refractivity contribution in [3.63, 3.8) is 0 Å². The average Bonchev–Trinajstić information content (AvgIpc) is 2.49. The van der Waals surface area contributed by atoms with Crippen LogP contribution in [0.2, 0.25) is 0 Å². The second-order valence-corrected chi connectivity index (χ2v) is 6.38. The molecule has 1 rings (SSSR count). The first-order valence-electron chi connectivity index (χ1n) is 8.44. The minimum Gasteiger partial charge on any atom is -0.481 e. The lowest BCUT2D eigenvalue weighted by molar-refractivity contribution is -0.152. The molecule has 0 aliphatic heterocycles. The number of aliphatic carboxylic acids is 1. The van der Waals surface area contributed by atoms with Crippen LogP contribution in [0.4, 0.5) is 0 Å². The van der Waals surface area contributed by atoms with E-state index in [4.69, 9.17) is 9.47 Å².